The van der Waals surface area contributed by atoms with Gasteiger partial charge in [-0.2, -0.15) is 5.10 Å². The van der Waals surface area contributed by atoms with Crippen LogP contribution < -0.4 is 14.9 Å². The number of nitrogens with zero attached hydrogens (tertiary/aromatic N) is 1. The highest BCUT2D eigenvalue weighted by Gasteiger charge is 2.15. The van der Waals surface area contributed by atoms with E-state index in [1.54, 1.807) is 30.3 Å². The molecule has 0 bridgehead atoms. The maximum Gasteiger partial charge on any atom is 0.307 e. The lowest BCUT2D eigenvalue weighted by atomic mass is 10.2. The molecule has 3 aromatic carbocycles. The molecular formula is C25H17Br2Cl3N2O4. The molecule has 0 saturated carbocycles. The van der Waals surface area contributed by atoms with Crippen LogP contribution in [0.25, 0.3) is 11.0 Å². The largest absolute Gasteiger partial charge is 0.490 e. The summed E-state index contributed by atoms with van der Waals surface area (Å²) in [6, 6.07) is 13.9. The van der Waals surface area contributed by atoms with Crippen molar-refractivity contribution in [3.8, 4) is 11.5 Å². The zero-order chi connectivity index (χ0) is 25.8. The van der Waals surface area contributed by atoms with Gasteiger partial charge in [0.1, 0.15) is 12.2 Å². The first kappa shape index (κ1) is 26.8. The zero-order valence-electron chi connectivity index (χ0n) is 18.6. The van der Waals surface area contributed by atoms with E-state index in [0.717, 1.165) is 19.9 Å². The molecule has 0 aliphatic heterocycles. The Morgan fingerprint density at radius 2 is 1.83 bits per heavy atom. The molecular weight excluding hydrogens is 658 g/mol. The molecule has 0 spiro atoms. The Morgan fingerprint density at radius 1 is 1.03 bits per heavy atom. The summed E-state index contributed by atoms with van der Waals surface area (Å²) in [7, 11) is 0. The van der Waals surface area contributed by atoms with Gasteiger partial charge in [0.2, 0.25) is 0 Å². The quantitative estimate of drug-likeness (QED) is 0.150. The standard InChI is InChI=1S/C25H17Br2Cl3N2O4/c1-2-34-21-7-14(6-20(30)24(21)35-12-13-3-4-18(28)19(29)5-13)11-31-32-25(33)22-9-15-8-16(26)10-17(27)23(15)36-22/h3-11H,2,12H2,1H3,(H,32,33)/b31-11-. The third-order valence-corrected chi connectivity index (χ3v) is 6.90. The number of carbonyl (C=O) groups is 1. The van der Waals surface area contributed by atoms with Crippen LogP contribution in [0.15, 0.2) is 67.0 Å². The molecule has 0 aliphatic carbocycles. The van der Waals surface area contributed by atoms with E-state index < -0.39 is 5.91 Å². The molecule has 0 atom stereocenters. The number of hydrogen-bond donors (Lipinski definition) is 1. The Hall–Kier alpha value is -2.23. The van der Waals surface area contributed by atoms with Gasteiger partial charge in [-0.1, -0.05) is 56.8 Å². The normalized spacial score (nSPS) is 11.3. The van der Waals surface area contributed by atoms with Crippen LogP contribution in [0.1, 0.15) is 28.6 Å². The van der Waals surface area contributed by atoms with E-state index in [0.29, 0.717) is 44.3 Å². The second-order valence-electron chi connectivity index (χ2n) is 7.42. The van der Waals surface area contributed by atoms with Crippen molar-refractivity contribution in [3.63, 3.8) is 0 Å². The number of amides is 1. The molecule has 1 heterocycles. The first-order valence-corrected chi connectivity index (χ1v) is 13.2. The van der Waals surface area contributed by atoms with Gasteiger partial charge >= 0.3 is 5.91 Å². The number of benzene rings is 3. The number of halogens is 5. The molecule has 1 N–H and O–H groups in total. The number of rotatable bonds is 8. The molecule has 36 heavy (non-hydrogen) atoms. The number of fused-ring (bicyclic) bond motifs is 1. The second kappa shape index (κ2) is 11.9. The molecule has 0 saturated heterocycles. The number of hydrogen-bond acceptors (Lipinski definition) is 5. The van der Waals surface area contributed by atoms with Gasteiger partial charge in [0, 0.05) is 9.86 Å². The van der Waals surface area contributed by atoms with Crippen molar-refractivity contribution in [3.05, 3.63) is 89.4 Å². The average Bonchev–Trinajstić information content (AvgIpc) is 3.25. The molecule has 4 rings (SSSR count). The number of ether oxygens (including phenoxy) is 2. The lowest BCUT2D eigenvalue weighted by molar-refractivity contribution is 0.0929. The number of carbonyl (C=O) groups excluding carboxylic acids is 1. The Morgan fingerprint density at radius 3 is 2.58 bits per heavy atom. The average molecular weight is 676 g/mol. The van der Waals surface area contributed by atoms with Crippen molar-refractivity contribution in [1.29, 1.82) is 0 Å². The maximum atomic E-state index is 12.5. The molecule has 1 amide bonds. The molecule has 0 aliphatic rings. The van der Waals surface area contributed by atoms with Gasteiger partial charge in [0.15, 0.2) is 17.3 Å². The fourth-order valence-electron chi connectivity index (χ4n) is 3.26. The zero-order valence-corrected chi connectivity index (χ0v) is 24.0. The summed E-state index contributed by atoms with van der Waals surface area (Å²) in [5, 5.41) is 6.02. The molecule has 0 unspecified atom stereocenters. The van der Waals surface area contributed by atoms with Crippen molar-refractivity contribution >= 4 is 89.8 Å². The minimum Gasteiger partial charge on any atom is -0.490 e. The van der Waals surface area contributed by atoms with Crippen LogP contribution in [0.4, 0.5) is 0 Å². The van der Waals surface area contributed by atoms with Crippen LogP contribution >= 0.6 is 66.7 Å². The van der Waals surface area contributed by atoms with Crippen molar-refractivity contribution in [2.24, 2.45) is 5.10 Å². The summed E-state index contributed by atoms with van der Waals surface area (Å²) in [4.78, 5) is 12.5. The Bertz CT molecular complexity index is 1470. The summed E-state index contributed by atoms with van der Waals surface area (Å²) in [5.74, 6) is 0.443. The lowest BCUT2D eigenvalue weighted by Crippen LogP contribution is -2.16. The molecule has 6 nitrogen and oxygen atoms in total. The summed E-state index contributed by atoms with van der Waals surface area (Å²) in [6.45, 7) is 2.46. The van der Waals surface area contributed by atoms with Crippen LogP contribution in [0, 0.1) is 0 Å². The van der Waals surface area contributed by atoms with E-state index in [4.69, 9.17) is 48.7 Å². The number of hydrazone groups is 1. The minimum absolute atomic E-state index is 0.125. The van der Waals surface area contributed by atoms with E-state index in [2.05, 4.69) is 42.4 Å². The highest BCUT2D eigenvalue weighted by Crippen LogP contribution is 2.37. The van der Waals surface area contributed by atoms with Crippen LogP contribution in [0.2, 0.25) is 15.1 Å². The SMILES string of the molecule is CCOc1cc(/C=N\NC(=O)c2cc3cc(Br)cc(Br)c3o2)cc(Cl)c1OCc1ccc(Cl)c(Cl)c1. The Kier molecular flexibility index (Phi) is 8.85. The molecule has 0 fully saturated rings. The summed E-state index contributed by atoms with van der Waals surface area (Å²) < 4.78 is 18.9. The van der Waals surface area contributed by atoms with Crippen molar-refractivity contribution in [1.82, 2.24) is 5.43 Å². The van der Waals surface area contributed by atoms with Gasteiger partial charge < -0.3 is 13.9 Å². The first-order chi connectivity index (χ1) is 17.2. The van der Waals surface area contributed by atoms with Gasteiger partial charge in [-0.25, -0.2) is 5.43 Å². The van der Waals surface area contributed by atoms with E-state index in [-0.39, 0.29) is 12.4 Å². The fraction of sp³-hybridized carbons (Fsp3) is 0.120. The van der Waals surface area contributed by atoms with E-state index >= 15 is 0 Å². The van der Waals surface area contributed by atoms with Crippen molar-refractivity contribution in [2.75, 3.05) is 6.61 Å². The van der Waals surface area contributed by atoms with Gasteiger partial charge in [-0.15, -0.1) is 0 Å². The molecule has 0 radical (unpaired) electrons. The van der Waals surface area contributed by atoms with Crippen LogP contribution in [0.5, 0.6) is 11.5 Å². The maximum absolute atomic E-state index is 12.5. The third-order valence-electron chi connectivity index (χ3n) is 4.84. The van der Waals surface area contributed by atoms with Gasteiger partial charge in [0.25, 0.3) is 0 Å². The predicted octanol–water partition coefficient (Wildman–Crippen LogP) is 8.66. The monoisotopic (exact) mass is 672 g/mol. The van der Waals surface area contributed by atoms with Crippen molar-refractivity contribution in [2.45, 2.75) is 13.5 Å². The van der Waals surface area contributed by atoms with E-state index in [1.165, 1.54) is 6.21 Å². The number of furan rings is 1. The molecule has 186 valence electrons. The first-order valence-electron chi connectivity index (χ1n) is 10.5. The predicted molar refractivity (Wildman–Crippen MR) is 150 cm³/mol. The van der Waals surface area contributed by atoms with Crippen LogP contribution in [0.3, 0.4) is 0 Å². The summed E-state index contributed by atoms with van der Waals surface area (Å²) >= 11 is 25.4. The Balaban J connectivity index is 1.48. The summed E-state index contributed by atoms with van der Waals surface area (Å²) in [6.07, 6.45) is 1.45. The van der Waals surface area contributed by atoms with Gasteiger partial charge in [-0.3, -0.25) is 4.79 Å². The summed E-state index contributed by atoms with van der Waals surface area (Å²) in [5.41, 5.74) is 4.44. The highest BCUT2D eigenvalue weighted by molar-refractivity contribution is 9.11. The van der Waals surface area contributed by atoms with Crippen molar-refractivity contribution < 1.29 is 18.7 Å². The van der Waals surface area contributed by atoms with Crippen LogP contribution in [-0.4, -0.2) is 18.7 Å². The Labute approximate surface area is 238 Å². The van der Waals surface area contributed by atoms with E-state index in [1.807, 2.05) is 25.1 Å². The lowest BCUT2D eigenvalue weighted by Gasteiger charge is -2.14. The van der Waals surface area contributed by atoms with Gasteiger partial charge in [0.05, 0.1) is 32.4 Å². The third kappa shape index (κ3) is 6.36. The van der Waals surface area contributed by atoms with Crippen LogP contribution in [-0.2, 0) is 6.61 Å². The smallest absolute Gasteiger partial charge is 0.307 e. The molecule has 1 aromatic heterocycles. The molecule has 4 aromatic rings. The molecule has 11 heteroatoms. The highest BCUT2D eigenvalue weighted by atomic mass is 79.9. The van der Waals surface area contributed by atoms with Gasteiger partial charge in [-0.05, 0) is 76.4 Å². The minimum atomic E-state index is -0.497. The fourth-order valence-corrected chi connectivity index (χ4v) is 5.19. The second-order valence-corrected chi connectivity index (χ2v) is 10.4. The number of nitrogens with one attached hydrogen (secondary N) is 1. The topological polar surface area (TPSA) is 73.1 Å². The van der Waals surface area contributed by atoms with E-state index in [9.17, 15) is 4.79 Å².